The minimum absolute atomic E-state index is 0.151. The lowest BCUT2D eigenvalue weighted by Gasteiger charge is -2.24. The number of rotatable bonds is 1. The van der Waals surface area contributed by atoms with Crippen molar-refractivity contribution in [1.82, 2.24) is 0 Å². The lowest BCUT2D eigenvalue weighted by atomic mass is 9.90. The molecule has 3 nitrogen and oxygen atoms in total. The molecular weight excluding hydrogens is 219 g/mol. The lowest BCUT2D eigenvalue weighted by molar-refractivity contribution is -0.116. The van der Waals surface area contributed by atoms with Crippen LogP contribution in [0.15, 0.2) is 12.1 Å². The number of benzene rings is 1. The second-order valence-electron chi connectivity index (χ2n) is 3.54. The van der Waals surface area contributed by atoms with E-state index in [0.717, 1.165) is 0 Å². The van der Waals surface area contributed by atoms with E-state index in [0.29, 0.717) is 17.1 Å². The normalized spacial score (nSPS) is 19.7. The second-order valence-corrected chi connectivity index (χ2v) is 3.97. The Labute approximate surface area is 91.4 Å². The molecule has 1 unspecified atom stereocenters. The molecule has 0 radical (unpaired) electrons. The fourth-order valence-corrected chi connectivity index (χ4v) is 2.00. The van der Waals surface area contributed by atoms with Crippen LogP contribution in [0.4, 0.5) is 10.1 Å². The summed E-state index contributed by atoms with van der Waals surface area (Å²) >= 11 is 5.75. The van der Waals surface area contributed by atoms with Gasteiger partial charge in [0.05, 0.1) is 5.69 Å². The van der Waals surface area contributed by atoms with Crippen LogP contribution in [0.5, 0.6) is 0 Å². The van der Waals surface area contributed by atoms with Crippen molar-refractivity contribution in [3.8, 4) is 0 Å². The van der Waals surface area contributed by atoms with E-state index in [4.69, 9.17) is 17.3 Å². The van der Waals surface area contributed by atoms with Gasteiger partial charge in [-0.3, -0.25) is 4.79 Å². The first-order valence-corrected chi connectivity index (χ1v) is 4.98. The van der Waals surface area contributed by atoms with E-state index in [1.807, 2.05) is 0 Å². The molecule has 1 aliphatic heterocycles. The monoisotopic (exact) mass is 228 g/mol. The van der Waals surface area contributed by atoms with Crippen LogP contribution in [-0.2, 0) is 4.79 Å². The summed E-state index contributed by atoms with van der Waals surface area (Å²) in [5, 5.41) is 2.81. The van der Waals surface area contributed by atoms with Crippen molar-refractivity contribution in [2.45, 2.75) is 12.3 Å². The third kappa shape index (κ3) is 1.82. The van der Waals surface area contributed by atoms with Crippen LogP contribution in [0.3, 0.4) is 0 Å². The maximum atomic E-state index is 13.5. The van der Waals surface area contributed by atoms with Gasteiger partial charge < -0.3 is 11.1 Å². The fraction of sp³-hybridized carbons (Fsp3) is 0.300. The largest absolute Gasteiger partial charge is 0.330 e. The van der Waals surface area contributed by atoms with Crippen molar-refractivity contribution in [2.75, 3.05) is 11.9 Å². The highest BCUT2D eigenvalue weighted by Gasteiger charge is 2.26. The van der Waals surface area contributed by atoms with Crippen molar-refractivity contribution in [3.05, 3.63) is 28.5 Å². The maximum Gasteiger partial charge on any atom is 0.225 e. The standard InChI is InChI=1S/C10H10ClFN2O/c11-6-2-7-5(4-13)1-9(15)14-10(7)8(12)3-6/h2-3,5H,1,4,13H2,(H,14,15). The summed E-state index contributed by atoms with van der Waals surface area (Å²) in [6, 6.07) is 2.83. The van der Waals surface area contributed by atoms with Gasteiger partial charge in [0.2, 0.25) is 5.91 Å². The van der Waals surface area contributed by atoms with E-state index in [-0.39, 0.29) is 23.9 Å². The molecule has 3 N–H and O–H groups in total. The van der Waals surface area contributed by atoms with E-state index < -0.39 is 5.82 Å². The van der Waals surface area contributed by atoms with Gasteiger partial charge in [-0.2, -0.15) is 0 Å². The van der Waals surface area contributed by atoms with Gasteiger partial charge in [0.1, 0.15) is 5.82 Å². The van der Waals surface area contributed by atoms with Crippen molar-refractivity contribution >= 4 is 23.2 Å². The Hall–Kier alpha value is -1.13. The molecule has 0 bridgehead atoms. The van der Waals surface area contributed by atoms with Crippen LogP contribution in [0.1, 0.15) is 17.9 Å². The van der Waals surface area contributed by atoms with Crippen LogP contribution >= 0.6 is 11.6 Å². The van der Waals surface area contributed by atoms with E-state index in [9.17, 15) is 9.18 Å². The highest BCUT2D eigenvalue weighted by Crippen LogP contribution is 2.35. The van der Waals surface area contributed by atoms with E-state index in [2.05, 4.69) is 5.32 Å². The van der Waals surface area contributed by atoms with Crippen LogP contribution in [0.2, 0.25) is 5.02 Å². The topological polar surface area (TPSA) is 55.1 Å². The maximum absolute atomic E-state index is 13.5. The van der Waals surface area contributed by atoms with Gasteiger partial charge in [-0.15, -0.1) is 0 Å². The van der Waals surface area contributed by atoms with Gasteiger partial charge in [0.15, 0.2) is 0 Å². The summed E-state index contributed by atoms with van der Waals surface area (Å²) in [5.41, 5.74) is 6.43. The van der Waals surface area contributed by atoms with Crippen LogP contribution in [0.25, 0.3) is 0 Å². The Morgan fingerprint density at radius 3 is 3.00 bits per heavy atom. The summed E-state index contributed by atoms with van der Waals surface area (Å²) in [7, 11) is 0. The molecule has 1 amide bonds. The summed E-state index contributed by atoms with van der Waals surface area (Å²) in [6.07, 6.45) is 0.281. The number of nitrogens with two attached hydrogens (primary N) is 1. The molecule has 0 saturated heterocycles. The van der Waals surface area contributed by atoms with Crippen molar-refractivity contribution in [1.29, 1.82) is 0 Å². The molecule has 0 aromatic heterocycles. The quantitative estimate of drug-likeness (QED) is 0.771. The predicted octanol–water partition coefficient (Wildman–Crippen LogP) is 1.86. The number of halogens is 2. The Morgan fingerprint density at radius 1 is 1.60 bits per heavy atom. The minimum Gasteiger partial charge on any atom is -0.330 e. The highest BCUT2D eigenvalue weighted by atomic mass is 35.5. The lowest BCUT2D eigenvalue weighted by Crippen LogP contribution is -2.27. The smallest absolute Gasteiger partial charge is 0.225 e. The highest BCUT2D eigenvalue weighted by molar-refractivity contribution is 6.30. The molecule has 0 fully saturated rings. The molecule has 15 heavy (non-hydrogen) atoms. The molecule has 1 aromatic carbocycles. The number of hydrogen-bond donors (Lipinski definition) is 2. The molecule has 0 saturated carbocycles. The fourth-order valence-electron chi connectivity index (χ4n) is 1.78. The van der Waals surface area contributed by atoms with Gasteiger partial charge in [0.25, 0.3) is 0 Å². The molecule has 5 heteroatoms. The SMILES string of the molecule is NCC1CC(=O)Nc2c(F)cc(Cl)cc21. The van der Waals surface area contributed by atoms with Crippen LogP contribution in [0, 0.1) is 5.82 Å². The number of hydrogen-bond acceptors (Lipinski definition) is 2. The number of carbonyl (C=O) groups excluding carboxylic acids is 1. The summed E-state index contributed by atoms with van der Waals surface area (Å²) in [4.78, 5) is 11.3. The Kier molecular flexibility index (Phi) is 2.63. The molecule has 1 heterocycles. The number of fused-ring (bicyclic) bond motifs is 1. The molecule has 0 aliphatic carbocycles. The average Bonchev–Trinajstić information content (AvgIpc) is 2.18. The Morgan fingerprint density at radius 2 is 2.33 bits per heavy atom. The first-order valence-electron chi connectivity index (χ1n) is 4.60. The molecule has 1 aromatic rings. The second kappa shape index (κ2) is 3.79. The van der Waals surface area contributed by atoms with Gasteiger partial charge in [0, 0.05) is 17.4 Å². The zero-order valence-electron chi connectivity index (χ0n) is 7.89. The molecule has 2 rings (SSSR count). The minimum atomic E-state index is -0.510. The van der Waals surface area contributed by atoms with Crippen LogP contribution < -0.4 is 11.1 Å². The number of anilines is 1. The van der Waals surface area contributed by atoms with E-state index in [1.165, 1.54) is 6.07 Å². The summed E-state index contributed by atoms with van der Waals surface area (Å²) in [6.45, 7) is 0.306. The van der Waals surface area contributed by atoms with Gasteiger partial charge in [-0.1, -0.05) is 11.6 Å². The van der Waals surface area contributed by atoms with Gasteiger partial charge in [-0.25, -0.2) is 4.39 Å². The Balaban J connectivity index is 2.55. The van der Waals surface area contributed by atoms with E-state index in [1.54, 1.807) is 6.07 Å². The molecular formula is C10H10ClFN2O. The third-order valence-corrected chi connectivity index (χ3v) is 2.72. The first-order chi connectivity index (χ1) is 7.11. The molecule has 80 valence electrons. The zero-order valence-corrected chi connectivity index (χ0v) is 8.64. The average molecular weight is 229 g/mol. The number of amides is 1. The summed E-state index contributed by atoms with van der Waals surface area (Å²) < 4.78 is 13.5. The summed E-state index contributed by atoms with van der Waals surface area (Å²) in [5.74, 6) is -0.870. The first kappa shape index (κ1) is 10.4. The van der Waals surface area contributed by atoms with Crippen molar-refractivity contribution < 1.29 is 9.18 Å². The number of carbonyl (C=O) groups is 1. The van der Waals surface area contributed by atoms with Gasteiger partial charge >= 0.3 is 0 Å². The van der Waals surface area contributed by atoms with Crippen molar-refractivity contribution in [3.63, 3.8) is 0 Å². The van der Waals surface area contributed by atoms with Crippen LogP contribution in [-0.4, -0.2) is 12.5 Å². The number of nitrogens with one attached hydrogen (secondary N) is 1. The predicted molar refractivity (Wildman–Crippen MR) is 56.5 cm³/mol. The third-order valence-electron chi connectivity index (χ3n) is 2.51. The van der Waals surface area contributed by atoms with Gasteiger partial charge in [-0.05, 0) is 24.2 Å². The molecule has 1 atom stereocenters. The Bertz CT molecular complexity index is 422. The molecule has 0 spiro atoms. The van der Waals surface area contributed by atoms with Crippen molar-refractivity contribution in [2.24, 2.45) is 5.73 Å². The zero-order chi connectivity index (χ0) is 11.0. The van der Waals surface area contributed by atoms with E-state index >= 15 is 0 Å². The molecule has 1 aliphatic rings.